The summed E-state index contributed by atoms with van der Waals surface area (Å²) in [4.78, 5) is 0. The summed E-state index contributed by atoms with van der Waals surface area (Å²) >= 11 is 0. The van der Waals surface area contributed by atoms with Crippen LogP contribution in [0.2, 0.25) is 0 Å². The number of aliphatic hydroxyl groups is 2. The SMILES string of the molecule is Oc1ccc(C2Oc3c(O)c(O)cc(-c4cc(O)c(O)cc4C4Oc5c(ccc(O)c5O)CC4O)c3CC2O)cc1O. The van der Waals surface area contributed by atoms with Crippen molar-refractivity contribution >= 4 is 0 Å². The Balaban J connectivity index is 1.50. The van der Waals surface area contributed by atoms with Crippen LogP contribution in [0.1, 0.15) is 34.5 Å². The van der Waals surface area contributed by atoms with Crippen LogP contribution < -0.4 is 9.47 Å². The molecule has 42 heavy (non-hydrogen) atoms. The lowest BCUT2D eigenvalue weighted by atomic mass is 9.84. The Morgan fingerprint density at radius 3 is 1.86 bits per heavy atom. The van der Waals surface area contributed by atoms with Gasteiger partial charge in [0.2, 0.25) is 11.5 Å². The number of fused-ring (bicyclic) bond motifs is 2. The third kappa shape index (κ3) is 4.24. The van der Waals surface area contributed by atoms with Crippen LogP contribution in [0.3, 0.4) is 0 Å². The van der Waals surface area contributed by atoms with Gasteiger partial charge in [-0.3, -0.25) is 0 Å². The maximum atomic E-state index is 11.1. The molecule has 10 N–H and O–H groups in total. The van der Waals surface area contributed by atoms with Gasteiger partial charge >= 0.3 is 0 Å². The predicted octanol–water partition coefficient (Wildman–Crippen LogP) is 3.07. The quantitative estimate of drug-likeness (QED) is 0.159. The second-order valence-corrected chi connectivity index (χ2v) is 10.3. The highest BCUT2D eigenvalue weighted by Crippen LogP contribution is 2.53. The normalized spacial score (nSPS) is 21.1. The lowest BCUT2D eigenvalue weighted by Gasteiger charge is -2.35. The molecule has 4 atom stereocenters. The highest BCUT2D eigenvalue weighted by Gasteiger charge is 2.38. The number of benzene rings is 4. The van der Waals surface area contributed by atoms with E-state index >= 15 is 0 Å². The van der Waals surface area contributed by atoms with Crippen molar-refractivity contribution in [1.82, 2.24) is 0 Å². The summed E-state index contributed by atoms with van der Waals surface area (Å²) in [5.41, 5.74) is 1.28. The van der Waals surface area contributed by atoms with Gasteiger partial charge in [0.25, 0.3) is 0 Å². The molecular weight excluding hydrogens is 552 g/mol. The largest absolute Gasteiger partial charge is 0.504 e. The van der Waals surface area contributed by atoms with E-state index in [2.05, 4.69) is 0 Å². The van der Waals surface area contributed by atoms with Crippen molar-refractivity contribution in [2.24, 2.45) is 0 Å². The molecule has 6 rings (SSSR count). The molecule has 0 saturated carbocycles. The average molecular weight is 579 g/mol. The molecule has 0 spiro atoms. The third-order valence-electron chi connectivity index (χ3n) is 7.63. The van der Waals surface area contributed by atoms with Crippen molar-refractivity contribution < 1.29 is 60.5 Å². The summed E-state index contributed by atoms with van der Waals surface area (Å²) < 4.78 is 11.9. The maximum Gasteiger partial charge on any atom is 0.200 e. The minimum atomic E-state index is -1.25. The molecule has 12 heteroatoms. The van der Waals surface area contributed by atoms with Crippen LogP contribution in [-0.2, 0) is 12.8 Å². The smallest absolute Gasteiger partial charge is 0.200 e. The Bertz CT molecular complexity index is 1730. The number of phenolic OH excluding ortho intramolecular Hbond substituents is 8. The highest BCUT2D eigenvalue weighted by atomic mass is 16.5. The van der Waals surface area contributed by atoms with E-state index in [1.807, 2.05) is 0 Å². The fraction of sp³-hybridized carbons (Fsp3) is 0.200. The molecule has 218 valence electrons. The van der Waals surface area contributed by atoms with E-state index in [-0.39, 0.29) is 57.9 Å². The summed E-state index contributed by atoms with van der Waals surface area (Å²) in [5, 5.41) is 104. The zero-order chi connectivity index (χ0) is 30.0. The molecule has 0 bridgehead atoms. The Hall–Kier alpha value is -5.20. The summed E-state index contributed by atoms with van der Waals surface area (Å²) in [6.07, 6.45) is -5.00. The lowest BCUT2D eigenvalue weighted by molar-refractivity contribution is 0.0180. The summed E-state index contributed by atoms with van der Waals surface area (Å²) in [7, 11) is 0. The highest BCUT2D eigenvalue weighted by molar-refractivity contribution is 5.80. The van der Waals surface area contributed by atoms with Crippen LogP contribution in [-0.4, -0.2) is 63.3 Å². The van der Waals surface area contributed by atoms with Crippen LogP contribution in [0.4, 0.5) is 0 Å². The number of ether oxygens (including phenoxy) is 2. The van der Waals surface area contributed by atoms with E-state index in [0.29, 0.717) is 5.56 Å². The monoisotopic (exact) mass is 578 g/mol. The van der Waals surface area contributed by atoms with Gasteiger partial charge in [0.15, 0.2) is 58.2 Å². The number of aromatic hydroxyl groups is 8. The Morgan fingerprint density at radius 1 is 0.524 bits per heavy atom. The minimum Gasteiger partial charge on any atom is -0.504 e. The van der Waals surface area contributed by atoms with E-state index in [9.17, 15) is 51.1 Å². The van der Waals surface area contributed by atoms with E-state index in [1.165, 1.54) is 36.4 Å². The van der Waals surface area contributed by atoms with Gasteiger partial charge in [0, 0.05) is 29.5 Å². The molecule has 0 amide bonds. The number of rotatable bonds is 3. The molecule has 12 nitrogen and oxygen atoms in total. The van der Waals surface area contributed by atoms with E-state index < -0.39 is 64.7 Å². The number of hydrogen-bond donors (Lipinski definition) is 10. The van der Waals surface area contributed by atoms with Crippen molar-refractivity contribution in [3.05, 3.63) is 70.8 Å². The van der Waals surface area contributed by atoms with Crippen molar-refractivity contribution in [3.8, 4) is 68.6 Å². The van der Waals surface area contributed by atoms with Gasteiger partial charge in [-0.15, -0.1) is 0 Å². The molecule has 4 aromatic rings. The second kappa shape index (κ2) is 9.72. The molecule has 2 aliphatic heterocycles. The Kier molecular flexibility index (Phi) is 6.24. The van der Waals surface area contributed by atoms with Gasteiger partial charge in [0.1, 0.15) is 0 Å². The van der Waals surface area contributed by atoms with E-state index in [0.717, 1.165) is 12.1 Å². The van der Waals surface area contributed by atoms with Crippen LogP contribution in [0.15, 0.2) is 48.5 Å². The molecule has 0 saturated heterocycles. The maximum absolute atomic E-state index is 11.1. The first-order valence-corrected chi connectivity index (χ1v) is 12.8. The standard InChI is InChI=1S/C30H26O12/c31-17-3-1-11(5-19(17)33)27-24(38)10-16-14(8-22(36)26(40)30(16)41-27)13-7-20(34)21(35)9-15(13)29-23(37)6-12-2-4-18(32)25(39)28(12)42-29/h1-5,7-9,23-24,27,29,31-40H,6,10H2. The molecule has 0 aliphatic carbocycles. The molecule has 4 unspecified atom stereocenters. The molecule has 2 heterocycles. The first kappa shape index (κ1) is 27.0. The number of hydrogen-bond acceptors (Lipinski definition) is 12. The van der Waals surface area contributed by atoms with Crippen LogP contribution in [0.25, 0.3) is 11.1 Å². The Morgan fingerprint density at radius 2 is 1.12 bits per heavy atom. The second-order valence-electron chi connectivity index (χ2n) is 10.3. The van der Waals surface area contributed by atoms with Gasteiger partial charge in [-0.1, -0.05) is 12.1 Å². The zero-order valence-electron chi connectivity index (χ0n) is 21.6. The van der Waals surface area contributed by atoms with Crippen molar-refractivity contribution in [3.63, 3.8) is 0 Å². The fourth-order valence-electron chi connectivity index (χ4n) is 5.54. The van der Waals surface area contributed by atoms with Crippen molar-refractivity contribution in [2.75, 3.05) is 0 Å². The van der Waals surface area contributed by atoms with Gasteiger partial charge in [-0.2, -0.15) is 0 Å². The van der Waals surface area contributed by atoms with Gasteiger partial charge in [-0.25, -0.2) is 0 Å². The molecule has 0 radical (unpaired) electrons. The summed E-state index contributed by atoms with van der Waals surface area (Å²) in [5.74, 6) is -4.50. The van der Waals surface area contributed by atoms with Crippen molar-refractivity contribution in [1.29, 1.82) is 0 Å². The zero-order valence-corrected chi connectivity index (χ0v) is 21.6. The third-order valence-corrected chi connectivity index (χ3v) is 7.63. The predicted molar refractivity (Wildman–Crippen MR) is 144 cm³/mol. The molecule has 0 aromatic heterocycles. The molecule has 2 aliphatic rings. The van der Waals surface area contributed by atoms with Gasteiger partial charge in [-0.05, 0) is 53.1 Å². The van der Waals surface area contributed by atoms with E-state index in [1.54, 1.807) is 0 Å². The van der Waals surface area contributed by atoms with E-state index in [4.69, 9.17) is 9.47 Å². The molecule has 4 aromatic carbocycles. The molecular formula is C30H26O12. The van der Waals surface area contributed by atoms with Crippen LogP contribution >= 0.6 is 0 Å². The summed E-state index contributed by atoms with van der Waals surface area (Å²) in [6, 6.07) is 10.0. The van der Waals surface area contributed by atoms with Crippen molar-refractivity contribution in [2.45, 2.75) is 37.3 Å². The average Bonchev–Trinajstić information content (AvgIpc) is 2.95. The minimum absolute atomic E-state index is 0.00314. The number of aliphatic hydroxyl groups excluding tert-OH is 2. The van der Waals surface area contributed by atoms with Gasteiger partial charge in [0.05, 0.1) is 12.2 Å². The molecule has 0 fully saturated rings. The van der Waals surface area contributed by atoms with Gasteiger partial charge < -0.3 is 60.5 Å². The fourth-order valence-corrected chi connectivity index (χ4v) is 5.54. The first-order valence-electron chi connectivity index (χ1n) is 12.8. The van der Waals surface area contributed by atoms with Crippen LogP contribution in [0, 0.1) is 0 Å². The first-order chi connectivity index (χ1) is 19.9. The lowest BCUT2D eigenvalue weighted by Crippen LogP contribution is -2.31. The van der Waals surface area contributed by atoms with Crippen LogP contribution in [0.5, 0.6) is 57.5 Å². The summed E-state index contributed by atoms with van der Waals surface area (Å²) in [6.45, 7) is 0. The Labute approximate surface area is 237 Å². The topological polar surface area (TPSA) is 221 Å². The number of phenols is 8.